The van der Waals surface area contributed by atoms with E-state index in [2.05, 4.69) is 0 Å². The molecule has 1 aromatic heterocycles. The third-order valence-corrected chi connectivity index (χ3v) is 1.50. The van der Waals surface area contributed by atoms with Crippen LogP contribution in [0.1, 0.15) is 19.6 Å². The molecule has 1 aromatic rings. The van der Waals surface area contributed by atoms with Crippen molar-refractivity contribution in [2.45, 2.75) is 13.8 Å². The minimum absolute atomic E-state index is 0.102. The largest absolute Gasteiger partial charge is 0.499 e. The molecule has 0 aliphatic heterocycles. The van der Waals surface area contributed by atoms with Crippen LogP contribution in [0.25, 0.3) is 5.76 Å². The van der Waals surface area contributed by atoms with Gasteiger partial charge >= 0.3 is 5.95 Å². The summed E-state index contributed by atoms with van der Waals surface area (Å²) in [6.45, 7) is 4.49. The van der Waals surface area contributed by atoms with Crippen molar-refractivity contribution >= 4 is 5.76 Å². The molecule has 0 aliphatic rings. The van der Waals surface area contributed by atoms with E-state index in [-0.39, 0.29) is 11.7 Å². The van der Waals surface area contributed by atoms with E-state index in [4.69, 9.17) is 13.9 Å². The Hall–Kier alpha value is -1.58. The third kappa shape index (κ3) is 2.45. The summed E-state index contributed by atoms with van der Waals surface area (Å²) in [5.74, 6) is 0.325. The van der Waals surface area contributed by atoms with Crippen LogP contribution in [0.4, 0.5) is 0 Å². The Morgan fingerprint density at radius 3 is 2.43 bits per heavy atom. The monoisotopic (exact) mass is 198 g/mol. The minimum Gasteiger partial charge on any atom is -0.499 e. The van der Waals surface area contributed by atoms with Crippen molar-refractivity contribution in [3.05, 3.63) is 30.1 Å². The SMILES string of the molecule is CCOC(OCC)=C(O)c1ccco1. The van der Waals surface area contributed by atoms with Gasteiger partial charge < -0.3 is 19.0 Å². The van der Waals surface area contributed by atoms with Gasteiger partial charge in [0.1, 0.15) is 0 Å². The Labute approximate surface area is 82.7 Å². The molecule has 0 fully saturated rings. The highest BCUT2D eigenvalue weighted by molar-refractivity contribution is 5.53. The number of hydrogen-bond acceptors (Lipinski definition) is 4. The van der Waals surface area contributed by atoms with Crippen LogP contribution < -0.4 is 0 Å². The van der Waals surface area contributed by atoms with Crippen LogP contribution in [0.5, 0.6) is 0 Å². The van der Waals surface area contributed by atoms with Gasteiger partial charge in [0.25, 0.3) is 0 Å². The number of ether oxygens (including phenoxy) is 2. The zero-order chi connectivity index (χ0) is 10.4. The number of furan rings is 1. The quantitative estimate of drug-likeness (QED) is 0.738. The first-order chi connectivity index (χ1) is 6.79. The summed E-state index contributed by atoms with van der Waals surface area (Å²) in [4.78, 5) is 0. The van der Waals surface area contributed by atoms with Crippen molar-refractivity contribution in [2.24, 2.45) is 0 Å². The lowest BCUT2D eigenvalue weighted by molar-refractivity contribution is 0.0421. The Bertz CT molecular complexity index is 279. The van der Waals surface area contributed by atoms with Crippen LogP contribution in [0.3, 0.4) is 0 Å². The molecular weight excluding hydrogens is 184 g/mol. The van der Waals surface area contributed by atoms with E-state index in [9.17, 15) is 5.11 Å². The molecule has 0 amide bonds. The highest BCUT2D eigenvalue weighted by Gasteiger charge is 2.12. The van der Waals surface area contributed by atoms with Gasteiger partial charge in [-0.15, -0.1) is 0 Å². The van der Waals surface area contributed by atoms with Crippen molar-refractivity contribution in [3.63, 3.8) is 0 Å². The second-order valence-electron chi connectivity index (χ2n) is 2.48. The topological polar surface area (TPSA) is 51.8 Å². The molecule has 0 radical (unpaired) electrons. The first-order valence-corrected chi connectivity index (χ1v) is 4.52. The summed E-state index contributed by atoms with van der Waals surface area (Å²) >= 11 is 0. The molecule has 0 saturated heterocycles. The minimum atomic E-state index is -0.112. The average molecular weight is 198 g/mol. The molecule has 0 bridgehead atoms. The Morgan fingerprint density at radius 1 is 1.36 bits per heavy atom. The number of aliphatic hydroxyl groups excluding tert-OH is 1. The van der Waals surface area contributed by atoms with Crippen LogP contribution in [-0.2, 0) is 9.47 Å². The molecule has 0 atom stereocenters. The Kier molecular flexibility index (Phi) is 3.91. The summed E-state index contributed by atoms with van der Waals surface area (Å²) < 4.78 is 15.2. The van der Waals surface area contributed by atoms with Crippen molar-refractivity contribution in [1.82, 2.24) is 0 Å². The van der Waals surface area contributed by atoms with Crippen molar-refractivity contribution in [2.75, 3.05) is 13.2 Å². The van der Waals surface area contributed by atoms with Gasteiger partial charge in [-0.05, 0) is 26.0 Å². The lowest BCUT2D eigenvalue weighted by Crippen LogP contribution is -2.01. The molecule has 0 aromatic carbocycles. The maximum atomic E-state index is 9.67. The Balaban J connectivity index is 2.85. The molecule has 0 spiro atoms. The number of aliphatic hydroxyl groups is 1. The Morgan fingerprint density at radius 2 is 2.00 bits per heavy atom. The van der Waals surface area contributed by atoms with Crippen molar-refractivity contribution < 1.29 is 19.0 Å². The van der Waals surface area contributed by atoms with Crippen LogP contribution in [0.15, 0.2) is 28.8 Å². The second kappa shape index (κ2) is 5.21. The van der Waals surface area contributed by atoms with Gasteiger partial charge in [-0.2, -0.15) is 0 Å². The van der Waals surface area contributed by atoms with E-state index in [0.29, 0.717) is 19.0 Å². The third-order valence-electron chi connectivity index (χ3n) is 1.50. The standard InChI is InChI=1S/C10H14O4/c1-3-12-10(13-4-2)9(11)8-6-5-7-14-8/h5-7,11H,3-4H2,1-2H3. The van der Waals surface area contributed by atoms with Gasteiger partial charge in [0, 0.05) is 0 Å². The fraction of sp³-hybridized carbons (Fsp3) is 0.400. The second-order valence-corrected chi connectivity index (χ2v) is 2.48. The zero-order valence-corrected chi connectivity index (χ0v) is 8.32. The van der Waals surface area contributed by atoms with Crippen LogP contribution in [-0.4, -0.2) is 18.3 Å². The van der Waals surface area contributed by atoms with Crippen molar-refractivity contribution in [1.29, 1.82) is 0 Å². The van der Waals surface area contributed by atoms with Gasteiger partial charge in [-0.3, -0.25) is 0 Å². The maximum Gasteiger partial charge on any atom is 0.327 e. The summed E-state index contributed by atoms with van der Waals surface area (Å²) in [6, 6.07) is 3.31. The first kappa shape index (κ1) is 10.5. The first-order valence-electron chi connectivity index (χ1n) is 4.52. The average Bonchev–Trinajstić information content (AvgIpc) is 2.69. The molecule has 0 saturated carbocycles. The summed E-state index contributed by atoms with van der Waals surface area (Å²) in [7, 11) is 0. The zero-order valence-electron chi connectivity index (χ0n) is 8.32. The summed E-state index contributed by atoms with van der Waals surface area (Å²) in [5.41, 5.74) is 0. The lowest BCUT2D eigenvalue weighted by Gasteiger charge is -2.09. The molecule has 1 heterocycles. The maximum absolute atomic E-state index is 9.67. The lowest BCUT2D eigenvalue weighted by atomic mass is 10.4. The summed E-state index contributed by atoms with van der Waals surface area (Å²) in [6.07, 6.45) is 1.47. The molecule has 1 rings (SSSR count). The fourth-order valence-corrected chi connectivity index (χ4v) is 0.954. The number of hydrogen-bond donors (Lipinski definition) is 1. The fourth-order valence-electron chi connectivity index (χ4n) is 0.954. The highest BCUT2D eigenvalue weighted by atomic mass is 16.7. The molecule has 4 heteroatoms. The molecule has 14 heavy (non-hydrogen) atoms. The van der Waals surface area contributed by atoms with E-state index < -0.39 is 0 Å². The predicted molar refractivity (Wildman–Crippen MR) is 51.5 cm³/mol. The molecule has 1 N–H and O–H groups in total. The highest BCUT2D eigenvalue weighted by Crippen LogP contribution is 2.17. The van der Waals surface area contributed by atoms with E-state index in [1.807, 2.05) is 13.8 Å². The van der Waals surface area contributed by atoms with E-state index >= 15 is 0 Å². The van der Waals surface area contributed by atoms with E-state index in [1.54, 1.807) is 12.1 Å². The molecule has 0 unspecified atom stereocenters. The van der Waals surface area contributed by atoms with Gasteiger partial charge in [0.05, 0.1) is 19.5 Å². The molecule has 0 aliphatic carbocycles. The van der Waals surface area contributed by atoms with Gasteiger partial charge in [0.2, 0.25) is 5.76 Å². The number of rotatable bonds is 5. The predicted octanol–water partition coefficient (Wildman–Crippen LogP) is 2.54. The van der Waals surface area contributed by atoms with E-state index in [0.717, 1.165) is 0 Å². The van der Waals surface area contributed by atoms with Crippen LogP contribution >= 0.6 is 0 Å². The van der Waals surface area contributed by atoms with Gasteiger partial charge in [0.15, 0.2) is 5.76 Å². The van der Waals surface area contributed by atoms with Gasteiger partial charge in [-0.25, -0.2) is 0 Å². The molecule has 78 valence electrons. The van der Waals surface area contributed by atoms with Crippen molar-refractivity contribution in [3.8, 4) is 0 Å². The molecular formula is C10H14O4. The van der Waals surface area contributed by atoms with Crippen LogP contribution in [0.2, 0.25) is 0 Å². The smallest absolute Gasteiger partial charge is 0.327 e. The summed E-state index contributed by atoms with van der Waals surface area (Å²) in [5, 5.41) is 9.67. The normalized spacial score (nSPS) is 9.57. The molecule has 4 nitrogen and oxygen atoms in total. The van der Waals surface area contributed by atoms with Gasteiger partial charge in [-0.1, -0.05) is 0 Å². The van der Waals surface area contributed by atoms with E-state index in [1.165, 1.54) is 6.26 Å². The van der Waals surface area contributed by atoms with Crippen LogP contribution in [0, 0.1) is 0 Å².